The van der Waals surface area contributed by atoms with E-state index in [0.717, 1.165) is 5.69 Å². The zero-order chi connectivity index (χ0) is 15.4. The average Bonchev–Trinajstić information content (AvgIpc) is 2.52. The van der Waals surface area contributed by atoms with Crippen molar-refractivity contribution in [2.24, 2.45) is 0 Å². The molecule has 0 unspecified atom stereocenters. The monoisotopic (exact) mass is 316 g/mol. The quantitative estimate of drug-likeness (QED) is 0.664. The molecule has 0 fully saturated rings. The number of hydrogen-bond acceptors (Lipinski definition) is 7. The van der Waals surface area contributed by atoms with Gasteiger partial charge in [0.2, 0.25) is 5.95 Å². The summed E-state index contributed by atoms with van der Waals surface area (Å²) >= 11 is 5.96. The second-order valence-corrected chi connectivity index (χ2v) is 4.85. The predicted molar refractivity (Wildman–Crippen MR) is 85.4 cm³/mol. The maximum atomic E-state index is 8.96. The van der Waals surface area contributed by atoms with E-state index in [1.165, 1.54) is 0 Å². The summed E-state index contributed by atoms with van der Waals surface area (Å²) in [5, 5.41) is 15.7. The summed E-state index contributed by atoms with van der Waals surface area (Å²) in [6.07, 6.45) is 3.13. The average molecular weight is 317 g/mol. The first-order chi connectivity index (χ1) is 10.8. The van der Waals surface area contributed by atoms with Gasteiger partial charge in [0.25, 0.3) is 0 Å². The van der Waals surface area contributed by atoms with Crippen LogP contribution in [0.5, 0.6) is 0 Å². The highest BCUT2D eigenvalue weighted by molar-refractivity contribution is 6.30. The number of nitrogens with one attached hydrogen (secondary N) is 2. The highest BCUT2D eigenvalue weighted by Gasteiger charge is 2.09. The molecule has 2 aromatic heterocycles. The standard InChI is InChI=1S/C14H13ClN6O/c15-9-2-1-3-10(8-9)19-14-20-12-11(16-4-5-17-12)13(21-14)18-6-7-22/h1-5,8,22H,6-7H2,(H2,17,18,19,20,21). The Labute approximate surface area is 131 Å². The van der Waals surface area contributed by atoms with E-state index in [1.807, 2.05) is 12.1 Å². The minimum absolute atomic E-state index is 0.0111. The smallest absolute Gasteiger partial charge is 0.231 e. The predicted octanol–water partition coefficient (Wildman–Crippen LogP) is 2.22. The second-order valence-electron chi connectivity index (χ2n) is 4.41. The minimum Gasteiger partial charge on any atom is -0.395 e. The van der Waals surface area contributed by atoms with Crippen LogP contribution in [0.15, 0.2) is 36.7 Å². The number of fused-ring (bicyclic) bond motifs is 1. The summed E-state index contributed by atoms with van der Waals surface area (Å²) in [6, 6.07) is 7.24. The molecule has 0 aliphatic carbocycles. The minimum atomic E-state index is -0.0111. The van der Waals surface area contributed by atoms with E-state index >= 15 is 0 Å². The van der Waals surface area contributed by atoms with Crippen LogP contribution in [0.1, 0.15) is 0 Å². The fourth-order valence-corrected chi connectivity index (χ4v) is 2.10. The number of anilines is 3. The summed E-state index contributed by atoms with van der Waals surface area (Å²) < 4.78 is 0. The molecule has 112 valence electrons. The third-order valence-corrected chi connectivity index (χ3v) is 3.05. The maximum absolute atomic E-state index is 8.96. The molecule has 0 aliphatic heterocycles. The van der Waals surface area contributed by atoms with Crippen molar-refractivity contribution in [2.75, 3.05) is 23.8 Å². The first-order valence-electron chi connectivity index (χ1n) is 6.62. The van der Waals surface area contributed by atoms with E-state index in [1.54, 1.807) is 24.5 Å². The summed E-state index contributed by atoms with van der Waals surface area (Å²) in [4.78, 5) is 17.1. The van der Waals surface area contributed by atoms with Crippen LogP contribution in [-0.2, 0) is 0 Å². The van der Waals surface area contributed by atoms with Gasteiger partial charge in [-0.3, -0.25) is 0 Å². The number of aliphatic hydroxyl groups is 1. The molecule has 0 radical (unpaired) electrons. The second kappa shape index (κ2) is 6.50. The summed E-state index contributed by atoms with van der Waals surface area (Å²) in [5.41, 5.74) is 1.78. The Morgan fingerprint density at radius 1 is 1.14 bits per heavy atom. The largest absolute Gasteiger partial charge is 0.395 e. The maximum Gasteiger partial charge on any atom is 0.231 e. The Bertz CT molecular complexity index is 797. The normalized spacial score (nSPS) is 10.6. The summed E-state index contributed by atoms with van der Waals surface area (Å²) in [6.45, 7) is 0.349. The third-order valence-electron chi connectivity index (χ3n) is 2.82. The number of aromatic nitrogens is 4. The lowest BCUT2D eigenvalue weighted by Crippen LogP contribution is -2.10. The van der Waals surface area contributed by atoms with Gasteiger partial charge in [-0.05, 0) is 18.2 Å². The molecule has 3 rings (SSSR count). The van der Waals surface area contributed by atoms with E-state index in [9.17, 15) is 0 Å². The molecule has 0 saturated carbocycles. The Hall–Kier alpha value is -2.51. The van der Waals surface area contributed by atoms with Crippen molar-refractivity contribution in [1.82, 2.24) is 19.9 Å². The van der Waals surface area contributed by atoms with Crippen LogP contribution >= 0.6 is 11.6 Å². The van der Waals surface area contributed by atoms with Crippen LogP contribution in [0.4, 0.5) is 17.5 Å². The lowest BCUT2D eigenvalue weighted by molar-refractivity contribution is 0.311. The number of aliphatic hydroxyl groups excluding tert-OH is 1. The molecule has 0 atom stereocenters. The Kier molecular flexibility index (Phi) is 4.27. The molecule has 3 N–H and O–H groups in total. The molecule has 0 saturated heterocycles. The molecular weight excluding hydrogens is 304 g/mol. The van der Waals surface area contributed by atoms with Crippen molar-refractivity contribution in [3.63, 3.8) is 0 Å². The van der Waals surface area contributed by atoms with E-state index in [-0.39, 0.29) is 6.61 Å². The molecule has 2 heterocycles. The number of halogens is 1. The molecule has 0 spiro atoms. The molecule has 7 nitrogen and oxygen atoms in total. The van der Waals surface area contributed by atoms with Crippen LogP contribution in [0.25, 0.3) is 11.2 Å². The Morgan fingerprint density at radius 3 is 2.82 bits per heavy atom. The van der Waals surface area contributed by atoms with Crippen LogP contribution in [0, 0.1) is 0 Å². The topological polar surface area (TPSA) is 95.8 Å². The highest BCUT2D eigenvalue weighted by atomic mass is 35.5. The number of hydrogen-bond donors (Lipinski definition) is 3. The number of nitrogens with zero attached hydrogens (tertiary/aromatic N) is 4. The van der Waals surface area contributed by atoms with E-state index in [2.05, 4.69) is 30.6 Å². The van der Waals surface area contributed by atoms with Crippen LogP contribution < -0.4 is 10.6 Å². The first kappa shape index (κ1) is 14.4. The van der Waals surface area contributed by atoms with E-state index in [4.69, 9.17) is 16.7 Å². The van der Waals surface area contributed by atoms with Crippen LogP contribution in [-0.4, -0.2) is 38.2 Å². The molecule has 22 heavy (non-hydrogen) atoms. The molecule has 0 amide bonds. The van der Waals surface area contributed by atoms with Gasteiger partial charge in [0.15, 0.2) is 17.0 Å². The third kappa shape index (κ3) is 3.21. The van der Waals surface area contributed by atoms with Gasteiger partial charge in [-0.25, -0.2) is 9.97 Å². The fraction of sp³-hybridized carbons (Fsp3) is 0.143. The lowest BCUT2D eigenvalue weighted by Gasteiger charge is -2.10. The van der Waals surface area contributed by atoms with Crippen molar-refractivity contribution in [2.45, 2.75) is 0 Å². The number of rotatable bonds is 5. The number of benzene rings is 1. The van der Waals surface area contributed by atoms with Gasteiger partial charge in [0.1, 0.15) is 0 Å². The van der Waals surface area contributed by atoms with Gasteiger partial charge in [0.05, 0.1) is 6.61 Å². The van der Waals surface area contributed by atoms with Gasteiger partial charge in [-0.1, -0.05) is 17.7 Å². The van der Waals surface area contributed by atoms with Gasteiger partial charge in [-0.15, -0.1) is 0 Å². The fourth-order valence-electron chi connectivity index (χ4n) is 1.91. The zero-order valence-corrected chi connectivity index (χ0v) is 12.2. The molecule has 8 heteroatoms. The van der Waals surface area contributed by atoms with Gasteiger partial charge in [-0.2, -0.15) is 9.97 Å². The van der Waals surface area contributed by atoms with Gasteiger partial charge >= 0.3 is 0 Å². The first-order valence-corrected chi connectivity index (χ1v) is 7.00. The Balaban J connectivity index is 1.98. The summed E-state index contributed by atoms with van der Waals surface area (Å²) in [5.74, 6) is 0.882. The molecule has 0 aliphatic rings. The molecule has 1 aromatic carbocycles. The molecule has 0 bridgehead atoms. The van der Waals surface area contributed by atoms with E-state index < -0.39 is 0 Å². The van der Waals surface area contributed by atoms with Crippen molar-refractivity contribution in [3.05, 3.63) is 41.7 Å². The van der Waals surface area contributed by atoms with E-state index in [0.29, 0.717) is 34.5 Å². The van der Waals surface area contributed by atoms with Gasteiger partial charge < -0.3 is 15.7 Å². The van der Waals surface area contributed by atoms with Crippen molar-refractivity contribution < 1.29 is 5.11 Å². The van der Waals surface area contributed by atoms with Crippen molar-refractivity contribution >= 4 is 40.2 Å². The van der Waals surface area contributed by atoms with Crippen molar-refractivity contribution in [3.8, 4) is 0 Å². The highest BCUT2D eigenvalue weighted by Crippen LogP contribution is 2.22. The zero-order valence-electron chi connectivity index (χ0n) is 11.5. The SMILES string of the molecule is OCCNc1nc(Nc2cccc(Cl)c2)nc2nccnc12. The Morgan fingerprint density at radius 2 is 2.00 bits per heavy atom. The van der Waals surface area contributed by atoms with Crippen molar-refractivity contribution in [1.29, 1.82) is 0 Å². The lowest BCUT2D eigenvalue weighted by atomic mass is 10.3. The summed E-state index contributed by atoms with van der Waals surface area (Å²) in [7, 11) is 0. The molecular formula is C14H13ClN6O. The van der Waals surface area contributed by atoms with Crippen LogP contribution in [0.3, 0.4) is 0 Å². The van der Waals surface area contributed by atoms with Crippen LogP contribution in [0.2, 0.25) is 5.02 Å². The molecule has 3 aromatic rings. The van der Waals surface area contributed by atoms with Gasteiger partial charge in [0, 0.05) is 29.6 Å².